The van der Waals surface area contributed by atoms with Crippen molar-refractivity contribution in [3.8, 4) is 0 Å². The summed E-state index contributed by atoms with van der Waals surface area (Å²) in [7, 11) is -3.70. The summed E-state index contributed by atoms with van der Waals surface area (Å²) in [6, 6.07) is 19.6. The number of aliphatic hydroxyl groups is 1. The van der Waals surface area contributed by atoms with Gasteiger partial charge in [-0.15, -0.1) is 11.3 Å². The number of hydrogen-bond acceptors (Lipinski definition) is 5. The maximum atomic E-state index is 13.2. The van der Waals surface area contributed by atoms with Gasteiger partial charge in [-0.05, 0) is 34.7 Å². The van der Waals surface area contributed by atoms with Gasteiger partial charge in [-0.2, -0.15) is 0 Å². The number of amides is 1. The zero-order valence-corrected chi connectivity index (χ0v) is 17.3. The van der Waals surface area contributed by atoms with E-state index in [0.717, 1.165) is 10.4 Å². The lowest BCUT2D eigenvalue weighted by Gasteiger charge is -2.25. The van der Waals surface area contributed by atoms with Crippen LogP contribution in [-0.4, -0.2) is 30.9 Å². The topological polar surface area (TPSA) is 101 Å². The van der Waals surface area contributed by atoms with E-state index in [2.05, 4.69) is 0 Å². The summed E-state index contributed by atoms with van der Waals surface area (Å²) >= 11 is 1.43. The van der Waals surface area contributed by atoms with E-state index in [1.54, 1.807) is 23.1 Å². The molecule has 0 radical (unpaired) electrons. The van der Waals surface area contributed by atoms with Crippen molar-refractivity contribution in [2.45, 2.75) is 18.4 Å². The molecule has 1 aromatic heterocycles. The minimum atomic E-state index is -3.70. The molecule has 6 nitrogen and oxygen atoms in total. The van der Waals surface area contributed by atoms with Gasteiger partial charge in [-0.3, -0.25) is 4.79 Å². The molecule has 1 heterocycles. The lowest BCUT2D eigenvalue weighted by atomic mass is 10.1. The van der Waals surface area contributed by atoms with E-state index >= 15 is 0 Å². The summed E-state index contributed by atoms with van der Waals surface area (Å²) < 4.78 is 22.8. The van der Waals surface area contributed by atoms with E-state index in [-0.39, 0.29) is 18.2 Å². The predicted octanol–water partition coefficient (Wildman–Crippen LogP) is 2.91. The van der Waals surface area contributed by atoms with Gasteiger partial charge in [-0.25, -0.2) is 13.6 Å². The lowest BCUT2D eigenvalue weighted by molar-refractivity contribution is 0.0609. The minimum absolute atomic E-state index is 0.119. The lowest BCUT2D eigenvalue weighted by Crippen LogP contribution is -2.34. The molecule has 1 amide bonds. The Kier molecular flexibility index (Phi) is 6.81. The molecule has 152 valence electrons. The Balaban J connectivity index is 1.86. The van der Waals surface area contributed by atoms with E-state index in [1.165, 1.54) is 17.4 Å². The number of hydrogen-bond donors (Lipinski definition) is 2. The van der Waals surface area contributed by atoms with Crippen LogP contribution in [0.15, 0.2) is 72.1 Å². The molecule has 0 saturated heterocycles. The van der Waals surface area contributed by atoms with Crippen LogP contribution in [0.1, 0.15) is 32.5 Å². The summed E-state index contributed by atoms with van der Waals surface area (Å²) in [5.74, 6) is -0.634. The first kappa shape index (κ1) is 21.2. The van der Waals surface area contributed by atoms with Gasteiger partial charge in [0.2, 0.25) is 10.0 Å². The average molecular weight is 431 g/mol. The van der Waals surface area contributed by atoms with Crippen molar-refractivity contribution >= 4 is 27.3 Å². The third-order valence-corrected chi connectivity index (χ3v) is 6.02. The standard InChI is InChI=1S/C21H22N2O4S2/c22-29(26,27)15-17-8-4-9-18(12-17)21(25)23(13-16-6-2-1-3-7-16)14-19(24)20-10-5-11-28-20/h1-12,19,24H,13-15H2,(H2,22,26,27)/t19-/m0/s1. The Bertz CT molecular complexity index is 1050. The molecular formula is C21H22N2O4S2. The van der Waals surface area contributed by atoms with Gasteiger partial charge in [0, 0.05) is 17.0 Å². The molecule has 0 saturated carbocycles. The molecule has 2 aromatic carbocycles. The summed E-state index contributed by atoms with van der Waals surface area (Å²) in [4.78, 5) is 15.6. The number of aliphatic hydroxyl groups excluding tert-OH is 1. The second-order valence-electron chi connectivity index (χ2n) is 6.71. The molecule has 3 N–H and O–H groups in total. The molecule has 3 aromatic rings. The maximum Gasteiger partial charge on any atom is 0.254 e. The minimum Gasteiger partial charge on any atom is -0.386 e. The highest BCUT2D eigenvalue weighted by Crippen LogP contribution is 2.22. The monoisotopic (exact) mass is 430 g/mol. The molecule has 0 bridgehead atoms. The highest BCUT2D eigenvalue weighted by atomic mass is 32.2. The van der Waals surface area contributed by atoms with Crippen LogP contribution in [0.3, 0.4) is 0 Å². The zero-order valence-electron chi connectivity index (χ0n) is 15.6. The molecular weight excluding hydrogens is 408 g/mol. The largest absolute Gasteiger partial charge is 0.386 e. The second-order valence-corrected chi connectivity index (χ2v) is 9.30. The maximum absolute atomic E-state index is 13.2. The number of benzene rings is 2. The van der Waals surface area contributed by atoms with E-state index in [0.29, 0.717) is 17.7 Å². The number of carbonyl (C=O) groups is 1. The van der Waals surface area contributed by atoms with Gasteiger partial charge in [0.15, 0.2) is 0 Å². The van der Waals surface area contributed by atoms with Gasteiger partial charge in [0.25, 0.3) is 5.91 Å². The highest BCUT2D eigenvalue weighted by molar-refractivity contribution is 7.88. The van der Waals surface area contributed by atoms with Crippen molar-refractivity contribution in [2.75, 3.05) is 6.54 Å². The van der Waals surface area contributed by atoms with Gasteiger partial charge in [-0.1, -0.05) is 48.5 Å². The van der Waals surface area contributed by atoms with Crippen LogP contribution in [0.25, 0.3) is 0 Å². The van der Waals surface area contributed by atoms with Gasteiger partial charge < -0.3 is 10.0 Å². The molecule has 8 heteroatoms. The van der Waals surface area contributed by atoms with Crippen molar-refractivity contribution in [1.82, 2.24) is 4.90 Å². The molecule has 0 aliphatic heterocycles. The van der Waals surface area contributed by atoms with E-state index in [4.69, 9.17) is 5.14 Å². The van der Waals surface area contributed by atoms with Crippen LogP contribution in [-0.2, 0) is 22.3 Å². The fourth-order valence-corrected chi connectivity index (χ4v) is 4.36. The molecule has 0 aliphatic rings. The van der Waals surface area contributed by atoms with Crippen LogP contribution in [0.4, 0.5) is 0 Å². The first-order valence-electron chi connectivity index (χ1n) is 8.96. The molecule has 1 atom stereocenters. The van der Waals surface area contributed by atoms with E-state index in [9.17, 15) is 18.3 Å². The molecule has 3 rings (SSSR count). The fraction of sp³-hybridized carbons (Fsp3) is 0.190. The quantitative estimate of drug-likeness (QED) is 0.574. The van der Waals surface area contributed by atoms with E-state index < -0.39 is 16.1 Å². The smallest absolute Gasteiger partial charge is 0.254 e. The number of primary sulfonamides is 1. The molecule has 0 fully saturated rings. The van der Waals surface area contributed by atoms with Crippen molar-refractivity contribution < 1.29 is 18.3 Å². The van der Waals surface area contributed by atoms with Crippen molar-refractivity contribution in [2.24, 2.45) is 5.14 Å². The number of rotatable bonds is 8. The first-order chi connectivity index (χ1) is 13.8. The Hall–Kier alpha value is -2.52. The highest BCUT2D eigenvalue weighted by Gasteiger charge is 2.21. The third kappa shape index (κ3) is 6.23. The Morgan fingerprint density at radius 2 is 1.76 bits per heavy atom. The van der Waals surface area contributed by atoms with Gasteiger partial charge in [0.1, 0.15) is 6.10 Å². The Labute approximate surface area is 174 Å². The molecule has 0 unspecified atom stereocenters. The molecule has 0 aliphatic carbocycles. The van der Waals surface area contributed by atoms with Crippen LogP contribution >= 0.6 is 11.3 Å². The number of nitrogens with zero attached hydrogens (tertiary/aromatic N) is 1. The summed E-state index contributed by atoms with van der Waals surface area (Å²) in [6.45, 7) is 0.440. The third-order valence-electron chi connectivity index (χ3n) is 4.31. The predicted molar refractivity (Wildman–Crippen MR) is 114 cm³/mol. The van der Waals surface area contributed by atoms with Gasteiger partial charge in [0.05, 0.1) is 12.3 Å². The van der Waals surface area contributed by atoms with E-state index in [1.807, 2.05) is 47.8 Å². The summed E-state index contributed by atoms with van der Waals surface area (Å²) in [5, 5.41) is 17.6. The summed E-state index contributed by atoms with van der Waals surface area (Å²) in [6.07, 6.45) is -0.810. The summed E-state index contributed by atoms with van der Waals surface area (Å²) in [5.41, 5.74) is 1.72. The van der Waals surface area contributed by atoms with Crippen molar-refractivity contribution in [1.29, 1.82) is 0 Å². The first-order valence-corrected chi connectivity index (χ1v) is 11.6. The Morgan fingerprint density at radius 3 is 2.41 bits per heavy atom. The van der Waals surface area contributed by atoms with Crippen LogP contribution in [0, 0.1) is 0 Å². The SMILES string of the molecule is NS(=O)(=O)Cc1cccc(C(=O)N(Cc2ccccc2)C[C@H](O)c2cccs2)c1. The average Bonchev–Trinajstić information content (AvgIpc) is 3.21. The number of carbonyl (C=O) groups excluding carboxylic acids is 1. The number of nitrogens with two attached hydrogens (primary N) is 1. The van der Waals surface area contributed by atoms with Gasteiger partial charge >= 0.3 is 0 Å². The number of sulfonamides is 1. The number of thiophene rings is 1. The van der Waals surface area contributed by atoms with Crippen LogP contribution in [0.5, 0.6) is 0 Å². The van der Waals surface area contributed by atoms with Crippen molar-refractivity contribution in [3.63, 3.8) is 0 Å². The zero-order chi connectivity index (χ0) is 20.9. The van der Waals surface area contributed by atoms with Crippen molar-refractivity contribution in [3.05, 3.63) is 93.7 Å². The Morgan fingerprint density at radius 1 is 1.03 bits per heavy atom. The second kappa shape index (κ2) is 9.32. The van der Waals surface area contributed by atoms with Crippen LogP contribution in [0.2, 0.25) is 0 Å². The molecule has 0 spiro atoms. The fourth-order valence-electron chi connectivity index (χ4n) is 3.01. The normalized spacial score (nSPS) is 12.5. The molecule has 29 heavy (non-hydrogen) atoms. The van der Waals surface area contributed by atoms with Crippen LogP contribution < -0.4 is 5.14 Å².